The molecular formula is C27H26N6O3S. The van der Waals surface area contributed by atoms with Gasteiger partial charge in [0.25, 0.3) is 0 Å². The molecule has 0 fully saturated rings. The Morgan fingerprint density at radius 1 is 1.03 bits per heavy atom. The number of pyridine rings is 1. The number of rotatable bonds is 8. The Hall–Kier alpha value is -4.44. The fourth-order valence-corrected chi connectivity index (χ4v) is 4.08. The van der Waals surface area contributed by atoms with Crippen molar-refractivity contribution in [3.63, 3.8) is 0 Å². The summed E-state index contributed by atoms with van der Waals surface area (Å²) in [4.78, 5) is 25.6. The summed E-state index contributed by atoms with van der Waals surface area (Å²) in [6.07, 6.45) is 7.95. The Labute approximate surface area is 215 Å². The van der Waals surface area contributed by atoms with Crippen LogP contribution in [0.4, 0.5) is 0 Å². The third kappa shape index (κ3) is 6.42. The number of fused-ring (bicyclic) bond motifs is 1. The highest BCUT2D eigenvalue weighted by Gasteiger charge is 2.16. The van der Waals surface area contributed by atoms with Gasteiger partial charge in [-0.1, -0.05) is 18.2 Å². The third-order valence-corrected chi connectivity index (χ3v) is 5.82. The Morgan fingerprint density at radius 3 is 2.41 bits per heavy atom. The van der Waals surface area contributed by atoms with Crippen molar-refractivity contribution in [2.75, 3.05) is 19.6 Å². The minimum absolute atomic E-state index is 0.0114. The summed E-state index contributed by atoms with van der Waals surface area (Å²) in [5.74, 6) is 0.195. The highest BCUT2D eigenvalue weighted by atomic mass is 32.2. The van der Waals surface area contributed by atoms with Gasteiger partial charge < -0.3 is 10.1 Å². The van der Waals surface area contributed by atoms with E-state index in [1.165, 1.54) is 12.5 Å². The number of aromatic nitrogens is 3. The van der Waals surface area contributed by atoms with Gasteiger partial charge in [-0.2, -0.15) is 4.36 Å². The van der Waals surface area contributed by atoms with Gasteiger partial charge >= 0.3 is 5.91 Å². The number of hydrogen-bond acceptors (Lipinski definition) is 8. The van der Waals surface area contributed by atoms with E-state index < -0.39 is 15.6 Å². The number of nitrogens with one attached hydrogen (secondary N) is 2. The van der Waals surface area contributed by atoms with E-state index >= 15 is 0 Å². The molecule has 0 unspecified atom stereocenters. The molecule has 2 aromatic heterocycles. The van der Waals surface area contributed by atoms with Crippen LogP contribution in [0.3, 0.4) is 0 Å². The monoisotopic (exact) mass is 514 g/mol. The summed E-state index contributed by atoms with van der Waals surface area (Å²) in [5.41, 5.74) is 3.32. The molecule has 0 atom stereocenters. The molecule has 9 nitrogen and oxygen atoms in total. The molecule has 10 heteroatoms. The average molecular weight is 515 g/mol. The fraction of sp³-hybridized carbons (Fsp3) is 0.148. The summed E-state index contributed by atoms with van der Waals surface area (Å²) < 4.78 is 21.7. The molecule has 2 heterocycles. The number of para-hydroxylation sites is 1. The van der Waals surface area contributed by atoms with Crippen molar-refractivity contribution in [3.8, 4) is 5.75 Å². The molecular weight excluding hydrogens is 488 g/mol. The van der Waals surface area contributed by atoms with E-state index in [-0.39, 0.29) is 12.3 Å². The Balaban J connectivity index is 1.54. The maximum absolute atomic E-state index is 12.7. The van der Waals surface area contributed by atoms with Crippen molar-refractivity contribution in [3.05, 3.63) is 102 Å². The summed E-state index contributed by atoms with van der Waals surface area (Å²) in [6, 6.07) is 17.9. The number of carbonyl (C=O) groups excluding carboxylic acids is 1. The fourth-order valence-electron chi connectivity index (χ4n) is 3.59. The van der Waals surface area contributed by atoms with Crippen LogP contribution in [0.25, 0.3) is 16.5 Å². The largest absolute Gasteiger partial charge is 0.486 e. The highest BCUT2D eigenvalue weighted by molar-refractivity contribution is 7.92. The van der Waals surface area contributed by atoms with Crippen molar-refractivity contribution in [2.45, 2.75) is 6.61 Å². The molecule has 1 amide bonds. The van der Waals surface area contributed by atoms with Gasteiger partial charge in [0, 0.05) is 64.4 Å². The minimum atomic E-state index is -2.64. The number of hydrogen-bond donors (Lipinski definition) is 2. The molecule has 188 valence electrons. The topological polar surface area (TPSA) is 130 Å². The van der Waals surface area contributed by atoms with Gasteiger partial charge in [0.05, 0.1) is 11.2 Å². The average Bonchev–Trinajstić information content (AvgIpc) is 2.89. The first kappa shape index (κ1) is 25.6. The lowest BCUT2D eigenvalue weighted by Crippen LogP contribution is -2.10. The highest BCUT2D eigenvalue weighted by Crippen LogP contribution is 2.22. The second kappa shape index (κ2) is 11.1. The van der Waals surface area contributed by atoms with Crippen LogP contribution in [0.5, 0.6) is 5.75 Å². The Bertz CT molecular complexity index is 1600. The lowest BCUT2D eigenvalue weighted by atomic mass is 9.97. The molecule has 0 spiro atoms. The van der Waals surface area contributed by atoms with Gasteiger partial charge in [0.1, 0.15) is 18.1 Å². The summed E-state index contributed by atoms with van der Waals surface area (Å²) in [5, 5.41) is 12.2. The number of nitrogens with zero attached hydrogens (tertiary/aromatic N) is 4. The zero-order valence-electron chi connectivity index (χ0n) is 20.6. The van der Waals surface area contributed by atoms with Crippen molar-refractivity contribution < 1.29 is 13.7 Å². The number of ether oxygens (including phenoxy) is 1. The summed E-state index contributed by atoms with van der Waals surface area (Å²) >= 11 is 0. The maximum atomic E-state index is 12.7. The van der Waals surface area contributed by atoms with Crippen LogP contribution in [0.15, 0.2) is 83.6 Å². The van der Waals surface area contributed by atoms with E-state index in [1.807, 2.05) is 18.2 Å². The van der Waals surface area contributed by atoms with Crippen LogP contribution in [-0.2, 0) is 16.3 Å². The van der Waals surface area contributed by atoms with Gasteiger partial charge in [-0.3, -0.25) is 15.2 Å². The van der Waals surface area contributed by atoms with Gasteiger partial charge in [-0.25, -0.2) is 14.2 Å². The van der Waals surface area contributed by atoms with Gasteiger partial charge in [-0.05, 0) is 48.0 Å². The molecule has 0 bridgehead atoms. The van der Waals surface area contributed by atoms with E-state index in [1.54, 1.807) is 68.1 Å². The quantitative estimate of drug-likeness (QED) is 0.339. The van der Waals surface area contributed by atoms with Crippen LogP contribution in [-0.4, -0.2) is 50.3 Å². The van der Waals surface area contributed by atoms with E-state index in [0.29, 0.717) is 33.8 Å². The van der Waals surface area contributed by atoms with E-state index in [4.69, 9.17) is 10.1 Å². The van der Waals surface area contributed by atoms with Crippen molar-refractivity contribution >= 4 is 37.8 Å². The molecule has 4 aromatic rings. The van der Waals surface area contributed by atoms with E-state index in [2.05, 4.69) is 24.6 Å². The molecule has 0 aliphatic rings. The molecule has 0 saturated heterocycles. The molecule has 2 aromatic carbocycles. The molecule has 0 saturated carbocycles. The molecule has 4 rings (SSSR count). The standard InChI is InChI=1S/C27H26N6O3S/c1-29-16-22(18-12-14-30-15-13-18)25(28)19-8-10-20(11-9-19)36-17-24-31-23-7-5-4-6-21(23)26(32-24)27(34)33-37(2,3)35/h4-16,28-29H,17H2,1-3H3/b22-16-,28-25?. The molecule has 0 aliphatic carbocycles. The maximum Gasteiger partial charge on any atom is 0.304 e. The Kier molecular flexibility index (Phi) is 7.69. The summed E-state index contributed by atoms with van der Waals surface area (Å²) in [6.45, 7) is 0.0114. The van der Waals surface area contributed by atoms with Crippen molar-refractivity contribution in [1.82, 2.24) is 20.3 Å². The van der Waals surface area contributed by atoms with Crippen LogP contribution in [0.1, 0.15) is 27.4 Å². The first-order chi connectivity index (χ1) is 17.7. The molecule has 37 heavy (non-hydrogen) atoms. The molecule has 0 aliphatic heterocycles. The number of carbonyl (C=O) groups is 1. The lowest BCUT2D eigenvalue weighted by Gasteiger charge is -2.12. The van der Waals surface area contributed by atoms with Crippen molar-refractivity contribution in [2.24, 2.45) is 4.36 Å². The zero-order chi connectivity index (χ0) is 26.4. The first-order valence-electron chi connectivity index (χ1n) is 11.3. The van der Waals surface area contributed by atoms with Crippen LogP contribution >= 0.6 is 0 Å². The Morgan fingerprint density at radius 2 is 1.73 bits per heavy atom. The minimum Gasteiger partial charge on any atom is -0.486 e. The smallest absolute Gasteiger partial charge is 0.304 e. The van der Waals surface area contributed by atoms with Gasteiger partial charge in [-0.15, -0.1) is 0 Å². The predicted molar refractivity (Wildman–Crippen MR) is 145 cm³/mol. The van der Waals surface area contributed by atoms with E-state index in [0.717, 1.165) is 11.1 Å². The zero-order valence-corrected chi connectivity index (χ0v) is 21.5. The second-order valence-electron chi connectivity index (χ2n) is 8.35. The summed E-state index contributed by atoms with van der Waals surface area (Å²) in [7, 11) is -0.854. The number of benzene rings is 2. The van der Waals surface area contributed by atoms with Gasteiger partial charge in [0.15, 0.2) is 5.82 Å². The SMILES string of the molecule is CN/C=C(\C(=N)c1ccc(OCc2nc(C(=O)N=S(C)(C)=O)c3ccccc3n2)cc1)c1ccncc1. The van der Waals surface area contributed by atoms with Crippen LogP contribution < -0.4 is 10.1 Å². The second-order valence-corrected chi connectivity index (χ2v) is 10.9. The normalized spacial score (nSPS) is 11.7. The number of amides is 1. The van der Waals surface area contributed by atoms with Crippen LogP contribution in [0.2, 0.25) is 0 Å². The molecule has 2 N–H and O–H groups in total. The van der Waals surface area contributed by atoms with Crippen LogP contribution in [0, 0.1) is 5.41 Å². The van der Waals surface area contributed by atoms with Gasteiger partial charge in [0.2, 0.25) is 0 Å². The first-order valence-corrected chi connectivity index (χ1v) is 13.7. The lowest BCUT2D eigenvalue weighted by molar-refractivity contribution is 0.100. The van der Waals surface area contributed by atoms with E-state index in [9.17, 15) is 9.00 Å². The number of allylic oxidation sites excluding steroid dienone is 1. The molecule has 0 radical (unpaired) electrons. The van der Waals surface area contributed by atoms with Crippen molar-refractivity contribution in [1.29, 1.82) is 5.41 Å². The predicted octanol–water partition coefficient (Wildman–Crippen LogP) is 4.10. The third-order valence-electron chi connectivity index (χ3n) is 5.22.